The van der Waals surface area contributed by atoms with Gasteiger partial charge in [-0.2, -0.15) is 0 Å². The van der Waals surface area contributed by atoms with Crippen LogP contribution in [0.5, 0.6) is 0 Å². The van der Waals surface area contributed by atoms with Crippen molar-refractivity contribution in [1.29, 1.82) is 0 Å². The van der Waals surface area contributed by atoms with Crippen LogP contribution in [0.4, 0.5) is 10.1 Å². The molecule has 180 valence electrons. The van der Waals surface area contributed by atoms with Crippen LogP contribution in [0.2, 0.25) is 0 Å². The number of aryl methyl sites for hydroxylation is 2. The Morgan fingerprint density at radius 1 is 1.06 bits per heavy atom. The third-order valence-corrected chi connectivity index (χ3v) is 6.82. The maximum atomic E-state index is 14.1. The van der Waals surface area contributed by atoms with Crippen molar-refractivity contribution in [1.82, 2.24) is 24.6 Å². The van der Waals surface area contributed by atoms with E-state index in [1.54, 1.807) is 17.0 Å². The van der Waals surface area contributed by atoms with E-state index in [0.717, 1.165) is 22.2 Å². The van der Waals surface area contributed by atoms with Crippen molar-refractivity contribution in [3.05, 3.63) is 83.6 Å². The lowest BCUT2D eigenvalue weighted by molar-refractivity contribution is 0.0740. The molecule has 0 spiro atoms. The molecule has 0 N–H and O–H groups in total. The molecule has 0 saturated carbocycles. The molecule has 8 nitrogen and oxygen atoms in total. The Morgan fingerprint density at radius 2 is 1.86 bits per heavy atom. The number of amides is 1. The lowest BCUT2D eigenvalue weighted by Crippen LogP contribution is -2.49. The summed E-state index contributed by atoms with van der Waals surface area (Å²) < 4.78 is 21.6. The van der Waals surface area contributed by atoms with Crippen LogP contribution < -0.4 is 4.90 Å². The Kier molecular flexibility index (Phi) is 6.54. The van der Waals surface area contributed by atoms with Crippen LogP contribution >= 0.6 is 11.8 Å². The molecule has 1 aliphatic rings. The van der Waals surface area contributed by atoms with Gasteiger partial charge in [-0.15, -0.1) is 10.2 Å². The molecule has 10 heteroatoms. The van der Waals surface area contributed by atoms with Crippen molar-refractivity contribution < 1.29 is 13.6 Å². The molecule has 0 atom stereocenters. The number of para-hydroxylation sites is 1. The number of hydrogen-bond acceptors (Lipinski definition) is 7. The highest BCUT2D eigenvalue weighted by atomic mass is 32.2. The fraction of sp³-hybridized carbons (Fsp3) is 0.280. The largest absolute Gasteiger partial charge is 0.447 e. The molecule has 0 unspecified atom stereocenters. The molecule has 0 aliphatic carbocycles. The van der Waals surface area contributed by atoms with E-state index < -0.39 is 0 Å². The molecular formula is C25H25FN6O2S. The normalized spacial score (nSPS) is 13.9. The second-order valence-electron chi connectivity index (χ2n) is 8.35. The summed E-state index contributed by atoms with van der Waals surface area (Å²) in [6, 6.07) is 14.8. The van der Waals surface area contributed by atoms with E-state index in [1.807, 2.05) is 47.6 Å². The quantitative estimate of drug-likeness (QED) is 0.372. The number of piperazine rings is 1. The maximum Gasteiger partial charge on any atom is 0.275 e. The van der Waals surface area contributed by atoms with E-state index in [1.165, 1.54) is 24.1 Å². The SMILES string of the molecule is Cc1cccc(-n2c(C)nnc2SCc2nc(C(=O)N3CCN(c4ccccc4F)CC3)co2)c1. The van der Waals surface area contributed by atoms with Gasteiger partial charge in [-0.05, 0) is 43.7 Å². The van der Waals surface area contributed by atoms with Crippen molar-refractivity contribution >= 4 is 23.4 Å². The molecule has 3 heterocycles. The molecule has 1 fully saturated rings. The van der Waals surface area contributed by atoms with Crippen molar-refractivity contribution in [2.24, 2.45) is 0 Å². The Bertz CT molecular complexity index is 1350. The highest BCUT2D eigenvalue weighted by molar-refractivity contribution is 7.98. The molecule has 2 aromatic carbocycles. The van der Waals surface area contributed by atoms with Crippen molar-refractivity contribution in [2.75, 3.05) is 31.1 Å². The van der Waals surface area contributed by atoms with Gasteiger partial charge in [0.1, 0.15) is 17.9 Å². The van der Waals surface area contributed by atoms with Gasteiger partial charge in [0.2, 0.25) is 5.89 Å². The highest BCUT2D eigenvalue weighted by Crippen LogP contribution is 2.26. The van der Waals surface area contributed by atoms with Gasteiger partial charge in [-0.3, -0.25) is 9.36 Å². The van der Waals surface area contributed by atoms with Gasteiger partial charge in [0, 0.05) is 31.9 Å². The van der Waals surface area contributed by atoms with Crippen LogP contribution in [0.3, 0.4) is 0 Å². The molecule has 2 aromatic heterocycles. The minimum absolute atomic E-state index is 0.183. The molecule has 1 amide bonds. The Labute approximate surface area is 206 Å². The van der Waals surface area contributed by atoms with Crippen LogP contribution in [-0.4, -0.2) is 56.7 Å². The van der Waals surface area contributed by atoms with E-state index in [0.29, 0.717) is 43.5 Å². The fourth-order valence-electron chi connectivity index (χ4n) is 4.12. The molecular weight excluding hydrogens is 467 g/mol. The summed E-state index contributed by atoms with van der Waals surface area (Å²) in [6.07, 6.45) is 1.40. The van der Waals surface area contributed by atoms with E-state index in [9.17, 15) is 9.18 Å². The third-order valence-electron chi connectivity index (χ3n) is 5.91. The number of hydrogen-bond donors (Lipinski definition) is 0. The van der Waals surface area contributed by atoms with Crippen LogP contribution in [-0.2, 0) is 5.75 Å². The number of oxazole rings is 1. The van der Waals surface area contributed by atoms with Gasteiger partial charge in [-0.1, -0.05) is 36.0 Å². The number of aromatic nitrogens is 4. The zero-order chi connectivity index (χ0) is 24.4. The smallest absolute Gasteiger partial charge is 0.275 e. The third kappa shape index (κ3) is 4.93. The predicted molar refractivity (Wildman–Crippen MR) is 131 cm³/mol. The topological polar surface area (TPSA) is 80.3 Å². The van der Waals surface area contributed by atoms with Gasteiger partial charge < -0.3 is 14.2 Å². The monoisotopic (exact) mass is 492 g/mol. The van der Waals surface area contributed by atoms with E-state index in [2.05, 4.69) is 21.2 Å². The zero-order valence-corrected chi connectivity index (χ0v) is 20.3. The summed E-state index contributed by atoms with van der Waals surface area (Å²) in [4.78, 5) is 21.0. The Morgan fingerprint density at radius 3 is 2.63 bits per heavy atom. The summed E-state index contributed by atoms with van der Waals surface area (Å²) in [7, 11) is 0. The Balaban J connectivity index is 1.21. The number of benzene rings is 2. The number of nitrogens with zero attached hydrogens (tertiary/aromatic N) is 6. The molecule has 4 aromatic rings. The standard InChI is InChI=1S/C25H25FN6O2S/c1-17-6-5-7-19(14-17)32-18(2)28-29-25(32)35-16-23-27-21(15-34-23)24(33)31-12-10-30(11-13-31)22-9-4-3-8-20(22)26/h3-9,14-15H,10-13,16H2,1-2H3. The van der Waals surface area contributed by atoms with Crippen molar-refractivity contribution in [3.8, 4) is 5.69 Å². The number of thioether (sulfide) groups is 1. The first kappa shape index (κ1) is 23.1. The van der Waals surface area contributed by atoms with Crippen molar-refractivity contribution in [3.63, 3.8) is 0 Å². The van der Waals surface area contributed by atoms with Crippen molar-refractivity contribution in [2.45, 2.75) is 24.8 Å². The molecule has 0 bridgehead atoms. The van der Waals surface area contributed by atoms with Crippen LogP contribution in [0.25, 0.3) is 5.69 Å². The number of halogens is 1. The first-order chi connectivity index (χ1) is 17.0. The second kappa shape index (κ2) is 9.91. The first-order valence-electron chi connectivity index (χ1n) is 11.3. The number of carbonyl (C=O) groups excluding carboxylic acids is 1. The summed E-state index contributed by atoms with van der Waals surface area (Å²) in [5.41, 5.74) is 2.98. The van der Waals surface area contributed by atoms with Gasteiger partial charge in [0.05, 0.1) is 11.4 Å². The second-order valence-corrected chi connectivity index (χ2v) is 9.29. The summed E-state index contributed by atoms with van der Waals surface area (Å²) in [5, 5.41) is 9.23. The average Bonchev–Trinajstić information content (AvgIpc) is 3.49. The maximum absolute atomic E-state index is 14.1. The molecule has 5 rings (SSSR count). The minimum atomic E-state index is -0.251. The number of rotatable bonds is 6. The average molecular weight is 493 g/mol. The van der Waals surface area contributed by atoms with Gasteiger partial charge in [-0.25, -0.2) is 9.37 Å². The highest BCUT2D eigenvalue weighted by Gasteiger charge is 2.25. The van der Waals surface area contributed by atoms with Crippen LogP contribution in [0.1, 0.15) is 27.8 Å². The summed E-state index contributed by atoms with van der Waals surface area (Å²) in [5.74, 6) is 1.21. The number of carbonyl (C=O) groups is 1. The molecule has 1 saturated heterocycles. The predicted octanol–water partition coefficient (Wildman–Crippen LogP) is 4.27. The Hall–Kier alpha value is -3.66. The molecule has 1 aliphatic heterocycles. The first-order valence-corrected chi connectivity index (χ1v) is 12.3. The molecule has 0 radical (unpaired) electrons. The van der Waals surface area contributed by atoms with E-state index >= 15 is 0 Å². The van der Waals surface area contributed by atoms with E-state index in [4.69, 9.17) is 4.42 Å². The lowest BCUT2D eigenvalue weighted by Gasteiger charge is -2.35. The van der Waals surface area contributed by atoms with Crippen LogP contribution in [0, 0.1) is 19.7 Å². The minimum Gasteiger partial charge on any atom is -0.447 e. The lowest BCUT2D eigenvalue weighted by atomic mass is 10.2. The zero-order valence-electron chi connectivity index (χ0n) is 19.5. The molecule has 35 heavy (non-hydrogen) atoms. The van der Waals surface area contributed by atoms with E-state index in [-0.39, 0.29) is 17.4 Å². The van der Waals surface area contributed by atoms with Crippen LogP contribution in [0.15, 0.2) is 64.4 Å². The van der Waals surface area contributed by atoms with Gasteiger partial charge in [0.15, 0.2) is 10.9 Å². The van der Waals surface area contributed by atoms with Gasteiger partial charge in [0.25, 0.3) is 5.91 Å². The summed E-state index contributed by atoms with van der Waals surface area (Å²) >= 11 is 1.45. The van der Waals surface area contributed by atoms with Gasteiger partial charge >= 0.3 is 0 Å². The summed E-state index contributed by atoms with van der Waals surface area (Å²) in [6.45, 7) is 6.04. The number of anilines is 1. The fourth-order valence-corrected chi connectivity index (χ4v) is 4.97.